The van der Waals surface area contributed by atoms with Crippen LogP contribution >= 0.6 is 0 Å². The Hall–Kier alpha value is -2.71. The number of nitrogens with zero attached hydrogens (tertiary/aromatic N) is 1. The monoisotopic (exact) mass is 347 g/mol. The lowest BCUT2D eigenvalue weighted by atomic mass is 10.2. The van der Waals surface area contributed by atoms with Crippen LogP contribution < -0.4 is 14.8 Å². The highest BCUT2D eigenvalue weighted by atomic mass is 32.2. The molecule has 2 aromatic rings. The number of anilines is 1. The highest BCUT2D eigenvalue weighted by Gasteiger charge is 2.15. The van der Waals surface area contributed by atoms with E-state index in [0.717, 1.165) is 0 Å². The van der Waals surface area contributed by atoms with Crippen molar-refractivity contribution in [3.63, 3.8) is 0 Å². The van der Waals surface area contributed by atoms with Gasteiger partial charge in [0.1, 0.15) is 0 Å². The third-order valence-corrected chi connectivity index (χ3v) is 4.45. The van der Waals surface area contributed by atoms with Gasteiger partial charge in [-0.2, -0.15) is 0 Å². The Morgan fingerprint density at radius 2 is 2.12 bits per heavy atom. The predicted octanol–water partition coefficient (Wildman–Crippen LogP) is 1.81. The molecule has 8 heteroatoms. The van der Waals surface area contributed by atoms with Gasteiger partial charge in [-0.1, -0.05) is 12.1 Å². The van der Waals surface area contributed by atoms with Crippen LogP contribution in [0.25, 0.3) is 0 Å². The summed E-state index contributed by atoms with van der Waals surface area (Å²) in [6.45, 7) is 3.56. The number of hydrogen-bond acceptors (Lipinski definition) is 5. The molecule has 0 bridgehead atoms. The van der Waals surface area contributed by atoms with E-state index in [9.17, 15) is 13.2 Å². The smallest absolute Gasteiger partial charge is 0.255 e. The number of benzene rings is 1. The fraction of sp³-hybridized carbons (Fsp3) is 0.125. The van der Waals surface area contributed by atoms with Crippen molar-refractivity contribution in [1.29, 1.82) is 0 Å². The van der Waals surface area contributed by atoms with Gasteiger partial charge in [0.05, 0.1) is 23.9 Å². The van der Waals surface area contributed by atoms with E-state index in [4.69, 9.17) is 4.74 Å². The highest BCUT2D eigenvalue weighted by Crippen LogP contribution is 2.15. The quantitative estimate of drug-likeness (QED) is 0.745. The van der Waals surface area contributed by atoms with Gasteiger partial charge in [-0.25, -0.2) is 18.1 Å². The number of sulfonamides is 1. The van der Waals surface area contributed by atoms with E-state index in [1.165, 1.54) is 43.6 Å². The Kier molecular flexibility index (Phi) is 5.67. The lowest BCUT2D eigenvalue weighted by molar-refractivity contribution is 0.102. The van der Waals surface area contributed by atoms with E-state index in [0.29, 0.717) is 11.6 Å². The number of aromatic nitrogens is 1. The molecule has 0 atom stereocenters. The molecule has 0 aliphatic rings. The normalized spacial score (nSPS) is 10.9. The summed E-state index contributed by atoms with van der Waals surface area (Å²) in [5.74, 6) is -0.0166. The first-order chi connectivity index (χ1) is 11.5. The number of amides is 1. The van der Waals surface area contributed by atoms with Gasteiger partial charge in [0, 0.05) is 18.2 Å². The Morgan fingerprint density at radius 3 is 2.75 bits per heavy atom. The van der Waals surface area contributed by atoms with Gasteiger partial charge in [0.2, 0.25) is 15.9 Å². The fourth-order valence-corrected chi connectivity index (χ4v) is 2.88. The maximum atomic E-state index is 12.3. The van der Waals surface area contributed by atoms with Crippen LogP contribution in [-0.2, 0) is 10.0 Å². The van der Waals surface area contributed by atoms with E-state index in [2.05, 4.69) is 21.6 Å². The van der Waals surface area contributed by atoms with E-state index >= 15 is 0 Å². The summed E-state index contributed by atoms with van der Waals surface area (Å²) >= 11 is 0. The molecule has 0 fully saturated rings. The van der Waals surface area contributed by atoms with Gasteiger partial charge in [-0.15, -0.1) is 6.58 Å². The van der Waals surface area contributed by atoms with Crippen LogP contribution in [0, 0.1) is 0 Å². The second-order valence-electron chi connectivity index (χ2n) is 4.71. The minimum absolute atomic E-state index is 0.00450. The van der Waals surface area contributed by atoms with Crippen molar-refractivity contribution in [2.75, 3.05) is 19.0 Å². The zero-order chi connectivity index (χ0) is 17.6. The number of methoxy groups -OCH3 is 1. The number of rotatable bonds is 7. The van der Waals surface area contributed by atoms with E-state index < -0.39 is 15.9 Å². The number of carbonyl (C=O) groups is 1. The molecule has 1 aromatic heterocycles. The third kappa shape index (κ3) is 4.40. The first kappa shape index (κ1) is 17.6. The molecule has 0 spiro atoms. The molecule has 126 valence electrons. The van der Waals surface area contributed by atoms with Crippen LogP contribution in [0.15, 0.2) is 60.1 Å². The summed E-state index contributed by atoms with van der Waals surface area (Å²) in [6, 6.07) is 8.99. The summed E-state index contributed by atoms with van der Waals surface area (Å²) in [6.07, 6.45) is 2.88. The number of nitrogens with one attached hydrogen (secondary N) is 2. The molecule has 0 aliphatic heterocycles. The van der Waals surface area contributed by atoms with Crippen molar-refractivity contribution in [3.05, 3.63) is 60.8 Å². The summed E-state index contributed by atoms with van der Waals surface area (Å²) in [4.78, 5) is 16.2. The van der Waals surface area contributed by atoms with Crippen molar-refractivity contribution >= 4 is 21.6 Å². The van der Waals surface area contributed by atoms with Gasteiger partial charge < -0.3 is 10.1 Å². The van der Waals surface area contributed by atoms with E-state index in [-0.39, 0.29) is 17.0 Å². The van der Waals surface area contributed by atoms with Gasteiger partial charge in [-0.05, 0) is 24.3 Å². The van der Waals surface area contributed by atoms with Crippen LogP contribution in [0.3, 0.4) is 0 Å². The van der Waals surface area contributed by atoms with Crippen molar-refractivity contribution in [2.24, 2.45) is 0 Å². The topological polar surface area (TPSA) is 97.4 Å². The van der Waals surface area contributed by atoms with Crippen LogP contribution in [0.4, 0.5) is 5.69 Å². The number of carbonyl (C=O) groups excluding carboxylic acids is 1. The average molecular weight is 347 g/mol. The van der Waals surface area contributed by atoms with Gasteiger partial charge >= 0.3 is 0 Å². The second-order valence-corrected chi connectivity index (χ2v) is 6.48. The minimum atomic E-state index is -3.69. The lowest BCUT2D eigenvalue weighted by Gasteiger charge is -2.08. The molecule has 0 saturated heterocycles. The van der Waals surface area contributed by atoms with Gasteiger partial charge in [0.15, 0.2) is 0 Å². The number of hydrogen-bond donors (Lipinski definition) is 2. The van der Waals surface area contributed by atoms with E-state index in [1.807, 2.05) is 0 Å². The number of ether oxygens (including phenoxy) is 1. The summed E-state index contributed by atoms with van der Waals surface area (Å²) < 4.78 is 31.5. The molecule has 1 amide bonds. The Morgan fingerprint density at radius 1 is 1.33 bits per heavy atom. The minimum Gasteiger partial charge on any atom is -0.481 e. The molecule has 2 N–H and O–H groups in total. The average Bonchev–Trinajstić information content (AvgIpc) is 2.61. The van der Waals surface area contributed by atoms with Crippen LogP contribution in [0.2, 0.25) is 0 Å². The molecule has 0 radical (unpaired) electrons. The zero-order valence-electron chi connectivity index (χ0n) is 13.0. The van der Waals surface area contributed by atoms with Crippen LogP contribution in [0.1, 0.15) is 10.4 Å². The summed E-state index contributed by atoms with van der Waals surface area (Å²) in [5.41, 5.74) is 0.686. The highest BCUT2D eigenvalue weighted by molar-refractivity contribution is 7.89. The Balaban J connectivity index is 2.17. The molecule has 1 aromatic carbocycles. The van der Waals surface area contributed by atoms with Gasteiger partial charge in [-0.3, -0.25) is 4.79 Å². The predicted molar refractivity (Wildman–Crippen MR) is 90.6 cm³/mol. The summed E-state index contributed by atoms with van der Waals surface area (Å²) in [7, 11) is -2.20. The van der Waals surface area contributed by atoms with Crippen LogP contribution in [0.5, 0.6) is 5.88 Å². The summed E-state index contributed by atoms with van der Waals surface area (Å²) in [5, 5.41) is 2.64. The SMILES string of the molecule is C=CCNS(=O)(=O)c1cccc(C(=O)Nc2ccc(OC)nc2)c1. The molecule has 24 heavy (non-hydrogen) atoms. The molecule has 1 heterocycles. The maximum absolute atomic E-state index is 12.3. The Labute approximate surface area is 140 Å². The van der Waals surface area contributed by atoms with Crippen molar-refractivity contribution in [2.45, 2.75) is 4.90 Å². The van der Waals surface area contributed by atoms with Crippen molar-refractivity contribution < 1.29 is 17.9 Å². The third-order valence-electron chi connectivity index (χ3n) is 3.03. The second kappa shape index (κ2) is 7.71. The standard InChI is InChI=1S/C16H17N3O4S/c1-3-9-18-24(21,22)14-6-4-5-12(10-14)16(20)19-13-7-8-15(23-2)17-11-13/h3-8,10-11,18H,1,9H2,2H3,(H,19,20). The first-order valence-corrected chi connectivity index (χ1v) is 8.46. The Bertz CT molecular complexity index is 833. The van der Waals surface area contributed by atoms with Gasteiger partial charge in [0.25, 0.3) is 5.91 Å². The zero-order valence-corrected chi connectivity index (χ0v) is 13.8. The number of pyridine rings is 1. The molecule has 0 unspecified atom stereocenters. The molecular weight excluding hydrogens is 330 g/mol. The lowest BCUT2D eigenvalue weighted by Crippen LogP contribution is -2.24. The maximum Gasteiger partial charge on any atom is 0.255 e. The van der Waals surface area contributed by atoms with Crippen molar-refractivity contribution in [1.82, 2.24) is 9.71 Å². The molecule has 2 rings (SSSR count). The van der Waals surface area contributed by atoms with E-state index in [1.54, 1.807) is 12.1 Å². The molecule has 0 aliphatic carbocycles. The van der Waals surface area contributed by atoms with Crippen LogP contribution in [-0.4, -0.2) is 33.0 Å². The fourth-order valence-electron chi connectivity index (χ4n) is 1.83. The largest absolute Gasteiger partial charge is 0.481 e. The van der Waals surface area contributed by atoms with Crippen molar-refractivity contribution in [3.8, 4) is 5.88 Å². The molecule has 7 nitrogen and oxygen atoms in total. The first-order valence-electron chi connectivity index (χ1n) is 6.98. The molecular formula is C16H17N3O4S. The molecule has 0 saturated carbocycles.